The van der Waals surface area contributed by atoms with E-state index in [-0.39, 0.29) is 0 Å². The van der Waals surface area contributed by atoms with E-state index in [0.29, 0.717) is 5.82 Å². The van der Waals surface area contributed by atoms with Crippen molar-refractivity contribution >= 4 is 27.7 Å². The van der Waals surface area contributed by atoms with Crippen molar-refractivity contribution in [2.24, 2.45) is 5.73 Å². The molecule has 4 heteroatoms. The van der Waals surface area contributed by atoms with Gasteiger partial charge in [0.05, 0.1) is 5.52 Å². The number of hydrogen-bond donors (Lipinski definition) is 2. The van der Waals surface area contributed by atoms with E-state index in [0.717, 1.165) is 60.9 Å². The number of hydrogen-bond acceptors (Lipinski definition) is 4. The van der Waals surface area contributed by atoms with Crippen LogP contribution in [0.4, 0.5) is 5.82 Å². The topological polar surface area (TPSA) is 78.1 Å². The molecular weight excluding hydrogens is 310 g/mol. The van der Waals surface area contributed by atoms with Gasteiger partial charge in [0, 0.05) is 17.2 Å². The molecule has 25 heavy (non-hydrogen) atoms. The van der Waals surface area contributed by atoms with Crippen LogP contribution >= 0.6 is 0 Å². The normalized spacial score (nSPS) is 11.6. The molecule has 0 atom stereocenters. The van der Waals surface area contributed by atoms with Crippen molar-refractivity contribution in [2.75, 3.05) is 12.3 Å². The van der Waals surface area contributed by atoms with Crippen molar-refractivity contribution in [2.45, 2.75) is 58.3 Å². The standard InChI is InChI=1S/C21H29N3O/c1-2-3-11-16-14-17-19-15(9-6-4-5-7-13-22)10-8-12-18(19)24-21(23)20(17)25-16/h8,10,12,14H,2-7,9,11,13,22H2,1H3,(H2,23,24). The Bertz CT molecular complexity index is 838. The van der Waals surface area contributed by atoms with E-state index in [1.807, 2.05) is 6.07 Å². The van der Waals surface area contributed by atoms with Crippen LogP contribution in [0.1, 0.15) is 56.8 Å². The number of unbranched alkanes of at least 4 members (excludes halogenated alkanes) is 4. The number of benzene rings is 1. The van der Waals surface area contributed by atoms with Crippen LogP contribution in [-0.4, -0.2) is 11.5 Å². The van der Waals surface area contributed by atoms with E-state index in [1.165, 1.54) is 30.2 Å². The number of nitrogen functional groups attached to an aromatic ring is 1. The molecule has 0 saturated carbocycles. The van der Waals surface area contributed by atoms with Crippen molar-refractivity contribution in [3.05, 3.63) is 35.6 Å². The Labute approximate surface area is 149 Å². The van der Waals surface area contributed by atoms with Crippen molar-refractivity contribution in [1.82, 2.24) is 4.98 Å². The summed E-state index contributed by atoms with van der Waals surface area (Å²) in [6, 6.07) is 8.50. The number of rotatable bonds is 9. The lowest BCUT2D eigenvalue weighted by molar-refractivity contribution is 0.537. The predicted molar refractivity (Wildman–Crippen MR) is 106 cm³/mol. The molecule has 0 bridgehead atoms. The first-order chi connectivity index (χ1) is 12.2. The second-order valence-corrected chi connectivity index (χ2v) is 6.82. The number of nitrogens with zero attached hydrogens (tertiary/aromatic N) is 1. The van der Waals surface area contributed by atoms with Gasteiger partial charge in [0.2, 0.25) is 0 Å². The highest BCUT2D eigenvalue weighted by atomic mass is 16.3. The van der Waals surface area contributed by atoms with Gasteiger partial charge in [-0.1, -0.05) is 38.3 Å². The molecule has 4 N–H and O–H groups in total. The zero-order valence-corrected chi connectivity index (χ0v) is 15.2. The molecule has 0 unspecified atom stereocenters. The molecule has 0 aliphatic carbocycles. The lowest BCUT2D eigenvalue weighted by Gasteiger charge is -2.08. The number of aromatic nitrogens is 1. The van der Waals surface area contributed by atoms with E-state index in [9.17, 15) is 0 Å². The summed E-state index contributed by atoms with van der Waals surface area (Å²) in [6.45, 7) is 2.98. The summed E-state index contributed by atoms with van der Waals surface area (Å²) in [4.78, 5) is 4.58. The maximum absolute atomic E-state index is 6.15. The monoisotopic (exact) mass is 339 g/mol. The van der Waals surface area contributed by atoms with Gasteiger partial charge in [0.15, 0.2) is 11.4 Å². The number of furan rings is 1. The summed E-state index contributed by atoms with van der Waals surface area (Å²) in [5.41, 5.74) is 14.8. The maximum Gasteiger partial charge on any atom is 0.176 e. The van der Waals surface area contributed by atoms with Gasteiger partial charge in [-0.2, -0.15) is 0 Å². The van der Waals surface area contributed by atoms with Gasteiger partial charge in [0.25, 0.3) is 0 Å². The molecule has 2 heterocycles. The molecule has 0 spiro atoms. The number of fused-ring (bicyclic) bond motifs is 3. The summed E-state index contributed by atoms with van der Waals surface area (Å²) >= 11 is 0. The second kappa shape index (κ2) is 8.34. The highest BCUT2D eigenvalue weighted by molar-refractivity contribution is 6.09. The fourth-order valence-electron chi connectivity index (χ4n) is 3.49. The average molecular weight is 339 g/mol. The molecule has 134 valence electrons. The van der Waals surface area contributed by atoms with E-state index < -0.39 is 0 Å². The zero-order valence-electron chi connectivity index (χ0n) is 15.2. The maximum atomic E-state index is 6.15. The largest absolute Gasteiger partial charge is 0.457 e. The van der Waals surface area contributed by atoms with Crippen LogP contribution in [0, 0.1) is 0 Å². The van der Waals surface area contributed by atoms with Crippen molar-refractivity contribution < 1.29 is 4.42 Å². The van der Waals surface area contributed by atoms with Gasteiger partial charge in [-0.3, -0.25) is 0 Å². The summed E-state index contributed by atoms with van der Waals surface area (Å²) < 4.78 is 6.02. The van der Waals surface area contributed by atoms with Gasteiger partial charge >= 0.3 is 0 Å². The van der Waals surface area contributed by atoms with Crippen LogP contribution in [-0.2, 0) is 12.8 Å². The fraction of sp³-hybridized carbons (Fsp3) is 0.476. The van der Waals surface area contributed by atoms with Crippen molar-refractivity contribution in [3.8, 4) is 0 Å². The first-order valence-electron chi connectivity index (χ1n) is 9.54. The molecule has 0 amide bonds. The third-order valence-corrected chi connectivity index (χ3v) is 4.83. The van der Waals surface area contributed by atoms with Gasteiger partial charge in [-0.05, 0) is 49.9 Å². The van der Waals surface area contributed by atoms with Gasteiger partial charge < -0.3 is 15.9 Å². The Morgan fingerprint density at radius 3 is 2.68 bits per heavy atom. The fourth-order valence-corrected chi connectivity index (χ4v) is 3.49. The zero-order chi connectivity index (χ0) is 17.6. The molecule has 4 nitrogen and oxygen atoms in total. The van der Waals surface area contributed by atoms with Crippen LogP contribution in [0.3, 0.4) is 0 Å². The Hall–Kier alpha value is -2.07. The molecule has 2 aromatic heterocycles. The van der Waals surface area contributed by atoms with Gasteiger partial charge in [-0.15, -0.1) is 0 Å². The summed E-state index contributed by atoms with van der Waals surface area (Å²) in [6.07, 6.45) is 8.98. The van der Waals surface area contributed by atoms with Gasteiger partial charge in [-0.25, -0.2) is 4.98 Å². The van der Waals surface area contributed by atoms with Crippen molar-refractivity contribution in [3.63, 3.8) is 0 Å². The van der Waals surface area contributed by atoms with Crippen LogP contribution in [0.25, 0.3) is 21.9 Å². The highest BCUT2D eigenvalue weighted by Crippen LogP contribution is 2.33. The minimum atomic E-state index is 0.491. The molecule has 1 aromatic carbocycles. The van der Waals surface area contributed by atoms with E-state index in [4.69, 9.17) is 15.9 Å². The molecule has 0 aliphatic heterocycles. The molecular formula is C21H29N3O. The lowest BCUT2D eigenvalue weighted by Crippen LogP contribution is -1.98. The first-order valence-corrected chi connectivity index (χ1v) is 9.54. The molecule has 0 radical (unpaired) electrons. The minimum absolute atomic E-state index is 0.491. The van der Waals surface area contributed by atoms with E-state index in [1.54, 1.807) is 0 Å². The minimum Gasteiger partial charge on any atom is -0.457 e. The van der Waals surface area contributed by atoms with Crippen molar-refractivity contribution in [1.29, 1.82) is 0 Å². The summed E-state index contributed by atoms with van der Waals surface area (Å²) in [7, 11) is 0. The second-order valence-electron chi connectivity index (χ2n) is 6.82. The van der Waals surface area contributed by atoms with Gasteiger partial charge in [0.1, 0.15) is 5.76 Å². The van der Waals surface area contributed by atoms with E-state index in [2.05, 4.69) is 30.1 Å². The Kier molecular flexibility index (Phi) is 5.92. The number of pyridine rings is 1. The number of nitrogens with two attached hydrogens (primary N) is 2. The Balaban J connectivity index is 1.95. The first kappa shape index (κ1) is 17.7. The van der Waals surface area contributed by atoms with Crippen LogP contribution in [0.2, 0.25) is 0 Å². The predicted octanol–water partition coefficient (Wildman–Crippen LogP) is 4.97. The lowest BCUT2D eigenvalue weighted by atomic mass is 9.99. The quantitative estimate of drug-likeness (QED) is 0.540. The number of anilines is 1. The Morgan fingerprint density at radius 2 is 1.88 bits per heavy atom. The molecule has 3 aromatic rings. The SMILES string of the molecule is CCCCc1cc2c(o1)c(N)nc1cccc(CCCCCCN)c12. The smallest absolute Gasteiger partial charge is 0.176 e. The van der Waals surface area contributed by atoms with Crippen LogP contribution in [0.15, 0.2) is 28.7 Å². The molecule has 0 saturated heterocycles. The summed E-state index contributed by atoms with van der Waals surface area (Å²) in [5, 5.41) is 2.32. The Morgan fingerprint density at radius 1 is 1.04 bits per heavy atom. The third-order valence-electron chi connectivity index (χ3n) is 4.83. The molecule has 0 fully saturated rings. The van der Waals surface area contributed by atoms with Crippen LogP contribution < -0.4 is 11.5 Å². The van der Waals surface area contributed by atoms with E-state index >= 15 is 0 Å². The summed E-state index contributed by atoms with van der Waals surface area (Å²) in [5.74, 6) is 1.50. The van der Waals surface area contributed by atoms with Crippen LogP contribution in [0.5, 0.6) is 0 Å². The third kappa shape index (κ3) is 3.96. The molecule has 0 aliphatic rings. The molecule has 3 rings (SSSR count). The highest BCUT2D eigenvalue weighted by Gasteiger charge is 2.14. The average Bonchev–Trinajstić information content (AvgIpc) is 3.04. The number of aryl methyl sites for hydroxylation is 2.